The van der Waals surface area contributed by atoms with Gasteiger partial charge >= 0.3 is 0 Å². The van der Waals surface area contributed by atoms with Gasteiger partial charge < -0.3 is 4.74 Å². The summed E-state index contributed by atoms with van der Waals surface area (Å²) in [4.78, 5) is 11.9. The van der Waals surface area contributed by atoms with Gasteiger partial charge in [-0.1, -0.05) is 29.8 Å². The maximum Gasteiger partial charge on any atom is 0.271 e. The molecule has 0 unspecified atom stereocenters. The molecule has 0 bridgehead atoms. The predicted octanol–water partition coefficient (Wildman–Crippen LogP) is 4.48. The summed E-state index contributed by atoms with van der Waals surface area (Å²) in [6, 6.07) is 20.8. The smallest absolute Gasteiger partial charge is 0.271 e. The van der Waals surface area contributed by atoms with Crippen molar-refractivity contribution in [3.05, 3.63) is 101 Å². The van der Waals surface area contributed by atoms with E-state index in [1.165, 1.54) is 36.0 Å². The van der Waals surface area contributed by atoms with E-state index in [1.807, 2.05) is 43.3 Å². The minimum atomic E-state index is -0.399. The molecule has 3 aromatic carbocycles. The lowest BCUT2D eigenvalue weighted by Crippen LogP contribution is -2.17. The summed E-state index contributed by atoms with van der Waals surface area (Å²) in [6.45, 7) is 2.55. The predicted molar refractivity (Wildman–Crippen MR) is 103 cm³/mol. The number of halogens is 1. The molecule has 1 amide bonds. The van der Waals surface area contributed by atoms with Crippen molar-refractivity contribution in [2.45, 2.75) is 13.5 Å². The standard InChI is InChI=1S/C22H19FN2O2/c1-16-2-4-18(5-3-16)15-27-21-12-6-17(7-13-21)14-24-25-22(26)19-8-10-20(23)11-9-19/h2-14H,15H2,1H3,(H,25,26)/b24-14+. The number of rotatable bonds is 6. The first-order chi connectivity index (χ1) is 13.1. The highest BCUT2D eigenvalue weighted by Gasteiger charge is 2.03. The van der Waals surface area contributed by atoms with Crippen molar-refractivity contribution in [3.8, 4) is 5.75 Å². The Hall–Kier alpha value is -3.47. The number of hydrogen-bond donors (Lipinski definition) is 1. The number of aryl methyl sites for hydroxylation is 1. The lowest BCUT2D eigenvalue weighted by Gasteiger charge is -2.06. The minimum Gasteiger partial charge on any atom is -0.489 e. The molecule has 0 saturated heterocycles. The van der Waals surface area contributed by atoms with Gasteiger partial charge in [0.15, 0.2) is 0 Å². The molecule has 0 atom stereocenters. The Morgan fingerprint density at radius 1 is 1.00 bits per heavy atom. The number of hydrogen-bond acceptors (Lipinski definition) is 3. The molecule has 0 aliphatic carbocycles. The van der Waals surface area contributed by atoms with Crippen LogP contribution in [0.15, 0.2) is 77.9 Å². The summed E-state index contributed by atoms with van der Waals surface area (Å²) in [6.07, 6.45) is 1.53. The number of benzene rings is 3. The first kappa shape index (κ1) is 18.3. The molecule has 0 aliphatic heterocycles. The number of amides is 1. The van der Waals surface area contributed by atoms with Crippen LogP contribution in [0.4, 0.5) is 4.39 Å². The Morgan fingerprint density at radius 3 is 2.33 bits per heavy atom. The van der Waals surface area contributed by atoms with Gasteiger partial charge in [0.1, 0.15) is 18.2 Å². The number of carbonyl (C=O) groups excluding carboxylic acids is 1. The number of nitrogens with zero attached hydrogens (tertiary/aromatic N) is 1. The maximum absolute atomic E-state index is 12.9. The van der Waals surface area contributed by atoms with Crippen molar-refractivity contribution in [2.24, 2.45) is 5.10 Å². The highest BCUT2D eigenvalue weighted by molar-refractivity contribution is 5.94. The molecule has 0 aliphatic rings. The first-order valence-corrected chi connectivity index (χ1v) is 8.47. The van der Waals surface area contributed by atoms with Crippen LogP contribution in [0.1, 0.15) is 27.0 Å². The van der Waals surface area contributed by atoms with Crippen LogP contribution in [0.25, 0.3) is 0 Å². The zero-order chi connectivity index (χ0) is 19.1. The molecule has 0 aromatic heterocycles. The summed E-state index contributed by atoms with van der Waals surface area (Å²) >= 11 is 0. The molecule has 0 spiro atoms. The Bertz CT molecular complexity index is 918. The molecular formula is C22H19FN2O2. The maximum atomic E-state index is 12.9. The van der Waals surface area contributed by atoms with E-state index < -0.39 is 5.91 Å². The van der Waals surface area contributed by atoms with Crippen LogP contribution in [-0.2, 0) is 6.61 Å². The molecule has 0 fully saturated rings. The van der Waals surface area contributed by atoms with E-state index in [4.69, 9.17) is 4.74 Å². The zero-order valence-electron chi connectivity index (χ0n) is 14.9. The first-order valence-electron chi connectivity index (χ1n) is 8.47. The van der Waals surface area contributed by atoms with E-state index in [9.17, 15) is 9.18 Å². The second-order valence-electron chi connectivity index (χ2n) is 6.05. The van der Waals surface area contributed by atoms with E-state index >= 15 is 0 Å². The molecular weight excluding hydrogens is 343 g/mol. The lowest BCUT2D eigenvalue weighted by atomic mass is 10.2. The van der Waals surface area contributed by atoms with Crippen molar-refractivity contribution in [1.82, 2.24) is 5.43 Å². The average molecular weight is 362 g/mol. The second kappa shape index (κ2) is 8.76. The molecule has 4 nitrogen and oxygen atoms in total. The average Bonchev–Trinajstić information content (AvgIpc) is 2.69. The summed E-state index contributed by atoms with van der Waals surface area (Å²) in [5.74, 6) is -0.0351. The SMILES string of the molecule is Cc1ccc(COc2ccc(/C=N/NC(=O)c3ccc(F)cc3)cc2)cc1. The molecule has 136 valence electrons. The number of hydrazone groups is 1. The normalized spacial score (nSPS) is 10.7. The fraction of sp³-hybridized carbons (Fsp3) is 0.0909. The number of nitrogens with one attached hydrogen (secondary N) is 1. The van der Waals surface area contributed by atoms with Crippen molar-refractivity contribution in [2.75, 3.05) is 0 Å². The van der Waals surface area contributed by atoms with Crippen molar-refractivity contribution in [1.29, 1.82) is 0 Å². The topological polar surface area (TPSA) is 50.7 Å². The van der Waals surface area contributed by atoms with E-state index in [-0.39, 0.29) is 5.82 Å². The van der Waals surface area contributed by atoms with E-state index in [2.05, 4.69) is 22.7 Å². The monoisotopic (exact) mass is 362 g/mol. The van der Waals surface area contributed by atoms with Crippen LogP contribution in [-0.4, -0.2) is 12.1 Å². The van der Waals surface area contributed by atoms with Crippen LogP contribution in [0.2, 0.25) is 0 Å². The largest absolute Gasteiger partial charge is 0.489 e. The zero-order valence-corrected chi connectivity index (χ0v) is 14.9. The molecule has 1 N–H and O–H groups in total. The Morgan fingerprint density at radius 2 is 1.67 bits per heavy atom. The van der Waals surface area contributed by atoms with Gasteiger partial charge in [0.25, 0.3) is 5.91 Å². The third kappa shape index (κ3) is 5.51. The molecule has 0 radical (unpaired) electrons. The summed E-state index contributed by atoms with van der Waals surface area (Å²) in [5, 5.41) is 3.91. The number of ether oxygens (including phenoxy) is 1. The third-order valence-corrected chi connectivity index (χ3v) is 3.89. The molecule has 0 heterocycles. The van der Waals surface area contributed by atoms with Crippen LogP contribution in [0.3, 0.4) is 0 Å². The molecule has 3 rings (SSSR count). The highest BCUT2D eigenvalue weighted by Crippen LogP contribution is 2.14. The quantitative estimate of drug-likeness (QED) is 0.519. The molecule has 27 heavy (non-hydrogen) atoms. The summed E-state index contributed by atoms with van der Waals surface area (Å²) in [5.41, 5.74) is 5.89. The van der Waals surface area contributed by atoms with E-state index in [0.717, 1.165) is 16.9 Å². The fourth-order valence-corrected chi connectivity index (χ4v) is 2.33. The Balaban J connectivity index is 1.50. The van der Waals surface area contributed by atoms with Crippen LogP contribution in [0.5, 0.6) is 5.75 Å². The van der Waals surface area contributed by atoms with E-state index in [1.54, 1.807) is 0 Å². The summed E-state index contributed by atoms with van der Waals surface area (Å²) < 4.78 is 18.6. The van der Waals surface area contributed by atoms with Gasteiger partial charge in [0.2, 0.25) is 0 Å². The van der Waals surface area contributed by atoms with Gasteiger partial charge in [-0.2, -0.15) is 5.10 Å². The minimum absolute atomic E-state index is 0.341. The van der Waals surface area contributed by atoms with Gasteiger partial charge in [0, 0.05) is 5.56 Å². The lowest BCUT2D eigenvalue weighted by molar-refractivity contribution is 0.0955. The Labute approximate surface area is 157 Å². The second-order valence-corrected chi connectivity index (χ2v) is 6.05. The Kier molecular flexibility index (Phi) is 5.94. The van der Waals surface area contributed by atoms with Gasteiger partial charge in [-0.05, 0) is 66.6 Å². The molecule has 0 saturated carbocycles. The van der Waals surface area contributed by atoms with Gasteiger partial charge in [-0.3, -0.25) is 4.79 Å². The van der Waals surface area contributed by atoms with E-state index in [0.29, 0.717) is 12.2 Å². The van der Waals surface area contributed by atoms with Gasteiger partial charge in [-0.25, -0.2) is 9.82 Å². The molecule has 5 heteroatoms. The van der Waals surface area contributed by atoms with Crippen molar-refractivity contribution in [3.63, 3.8) is 0 Å². The van der Waals surface area contributed by atoms with Crippen LogP contribution >= 0.6 is 0 Å². The summed E-state index contributed by atoms with van der Waals surface area (Å²) in [7, 11) is 0. The molecule has 3 aromatic rings. The highest BCUT2D eigenvalue weighted by atomic mass is 19.1. The van der Waals surface area contributed by atoms with Crippen LogP contribution in [0, 0.1) is 12.7 Å². The van der Waals surface area contributed by atoms with Gasteiger partial charge in [0.05, 0.1) is 6.21 Å². The number of carbonyl (C=O) groups is 1. The van der Waals surface area contributed by atoms with Crippen molar-refractivity contribution >= 4 is 12.1 Å². The van der Waals surface area contributed by atoms with Crippen molar-refractivity contribution < 1.29 is 13.9 Å². The van der Waals surface area contributed by atoms with Crippen LogP contribution < -0.4 is 10.2 Å². The third-order valence-electron chi connectivity index (χ3n) is 3.89. The van der Waals surface area contributed by atoms with Gasteiger partial charge in [-0.15, -0.1) is 0 Å². The fourth-order valence-electron chi connectivity index (χ4n) is 2.33.